The zero-order valence-electron chi connectivity index (χ0n) is 11.1. The number of benzene rings is 1. The van der Waals surface area contributed by atoms with Gasteiger partial charge in [0.25, 0.3) is 0 Å². The van der Waals surface area contributed by atoms with Crippen LogP contribution in [-0.2, 0) is 16.1 Å². The molecule has 2 aromatic rings. The van der Waals surface area contributed by atoms with Gasteiger partial charge in [0.15, 0.2) is 0 Å². The number of nitrogens with zero attached hydrogens (tertiary/aromatic N) is 2. The van der Waals surface area contributed by atoms with Crippen molar-refractivity contribution >= 4 is 33.4 Å². The first-order chi connectivity index (χ1) is 9.63. The van der Waals surface area contributed by atoms with Crippen molar-refractivity contribution in [3.05, 3.63) is 29.3 Å². The summed E-state index contributed by atoms with van der Waals surface area (Å²) in [5.74, 6) is -0.277. The Kier molecular flexibility index (Phi) is 3.40. The molecule has 1 aromatic heterocycles. The summed E-state index contributed by atoms with van der Waals surface area (Å²) >= 11 is 1.60. The van der Waals surface area contributed by atoms with Crippen LogP contribution in [0.3, 0.4) is 0 Å². The van der Waals surface area contributed by atoms with Crippen LogP contribution < -0.4 is 5.32 Å². The highest BCUT2D eigenvalue weighted by Gasteiger charge is 2.30. The van der Waals surface area contributed by atoms with Crippen molar-refractivity contribution < 1.29 is 9.59 Å². The molecule has 1 aliphatic heterocycles. The van der Waals surface area contributed by atoms with Gasteiger partial charge in [0, 0.05) is 20.0 Å². The Hall–Kier alpha value is -1.95. The first kappa shape index (κ1) is 13.1. The van der Waals surface area contributed by atoms with E-state index in [1.807, 2.05) is 24.3 Å². The van der Waals surface area contributed by atoms with Crippen molar-refractivity contribution in [2.75, 3.05) is 13.6 Å². The van der Waals surface area contributed by atoms with Gasteiger partial charge in [-0.3, -0.25) is 9.59 Å². The topological polar surface area (TPSA) is 62.3 Å². The summed E-state index contributed by atoms with van der Waals surface area (Å²) in [6.45, 7) is 0.935. The number of fused-ring (bicyclic) bond motifs is 1. The van der Waals surface area contributed by atoms with E-state index < -0.39 is 0 Å². The number of hydrogen-bond donors (Lipinski definition) is 1. The molecule has 6 heteroatoms. The molecule has 2 amide bonds. The Balaban J connectivity index is 1.70. The molecular formula is C14H15N3O2S. The van der Waals surface area contributed by atoms with E-state index in [-0.39, 0.29) is 17.7 Å². The molecule has 104 valence electrons. The smallest absolute Gasteiger partial charge is 0.228 e. The van der Waals surface area contributed by atoms with Gasteiger partial charge in [-0.2, -0.15) is 0 Å². The summed E-state index contributed by atoms with van der Waals surface area (Å²) in [6, 6.07) is 7.93. The largest absolute Gasteiger partial charge is 0.355 e. The molecule has 1 atom stereocenters. The summed E-state index contributed by atoms with van der Waals surface area (Å²) < 4.78 is 1.13. The Labute approximate surface area is 120 Å². The van der Waals surface area contributed by atoms with Gasteiger partial charge >= 0.3 is 0 Å². The molecule has 1 fully saturated rings. The van der Waals surface area contributed by atoms with Crippen molar-refractivity contribution in [2.45, 2.75) is 13.0 Å². The predicted octanol–water partition coefficient (Wildman–Crippen LogP) is 1.39. The molecule has 1 aliphatic rings. The van der Waals surface area contributed by atoms with Gasteiger partial charge in [-0.15, -0.1) is 11.3 Å². The minimum atomic E-state index is -0.234. The zero-order valence-corrected chi connectivity index (χ0v) is 11.9. The summed E-state index contributed by atoms with van der Waals surface area (Å²) in [7, 11) is 1.76. The average Bonchev–Trinajstić information content (AvgIpc) is 3.03. The maximum atomic E-state index is 12.2. The third-order valence-corrected chi connectivity index (χ3v) is 4.43. The Morgan fingerprint density at radius 2 is 2.30 bits per heavy atom. The van der Waals surface area contributed by atoms with Gasteiger partial charge in [-0.25, -0.2) is 4.98 Å². The van der Waals surface area contributed by atoms with E-state index in [0.29, 0.717) is 19.5 Å². The van der Waals surface area contributed by atoms with Crippen LogP contribution in [0.1, 0.15) is 11.4 Å². The van der Waals surface area contributed by atoms with Gasteiger partial charge in [-0.05, 0) is 12.1 Å². The fraction of sp³-hybridized carbons (Fsp3) is 0.357. The third kappa shape index (κ3) is 2.51. The number of carbonyl (C=O) groups is 2. The highest BCUT2D eigenvalue weighted by Crippen LogP contribution is 2.23. The lowest BCUT2D eigenvalue weighted by molar-refractivity contribution is -0.135. The number of aromatic nitrogens is 1. The molecule has 5 nitrogen and oxygen atoms in total. The highest BCUT2D eigenvalue weighted by molar-refractivity contribution is 7.18. The van der Waals surface area contributed by atoms with Gasteiger partial charge in [0.05, 0.1) is 22.7 Å². The first-order valence-electron chi connectivity index (χ1n) is 6.49. The van der Waals surface area contributed by atoms with Crippen LogP contribution in [0.2, 0.25) is 0 Å². The number of hydrogen-bond acceptors (Lipinski definition) is 4. The molecule has 0 spiro atoms. The number of amides is 2. The maximum absolute atomic E-state index is 12.2. The lowest BCUT2D eigenvalue weighted by atomic mass is 10.1. The molecule has 1 saturated heterocycles. The number of para-hydroxylation sites is 1. The van der Waals surface area contributed by atoms with Crippen molar-refractivity contribution in [1.29, 1.82) is 0 Å². The Bertz CT molecular complexity index is 634. The predicted molar refractivity (Wildman–Crippen MR) is 77.2 cm³/mol. The molecule has 1 N–H and O–H groups in total. The second-order valence-corrected chi connectivity index (χ2v) is 6.09. The van der Waals surface area contributed by atoms with Crippen LogP contribution in [0.5, 0.6) is 0 Å². The molecule has 3 rings (SSSR count). The molecule has 0 radical (unpaired) electrons. The van der Waals surface area contributed by atoms with E-state index in [4.69, 9.17) is 0 Å². The van der Waals surface area contributed by atoms with E-state index in [0.717, 1.165) is 15.2 Å². The van der Waals surface area contributed by atoms with Crippen molar-refractivity contribution in [3.8, 4) is 0 Å². The minimum Gasteiger partial charge on any atom is -0.355 e. The van der Waals surface area contributed by atoms with Crippen LogP contribution in [0, 0.1) is 5.92 Å². The van der Waals surface area contributed by atoms with Crippen molar-refractivity contribution in [3.63, 3.8) is 0 Å². The maximum Gasteiger partial charge on any atom is 0.228 e. The summed E-state index contributed by atoms with van der Waals surface area (Å²) in [5, 5.41) is 3.61. The van der Waals surface area contributed by atoms with Crippen LogP contribution in [0.15, 0.2) is 24.3 Å². The normalized spacial score (nSPS) is 18.2. The Morgan fingerprint density at radius 3 is 3.00 bits per heavy atom. The van der Waals surface area contributed by atoms with E-state index in [1.165, 1.54) is 0 Å². The van der Waals surface area contributed by atoms with Crippen molar-refractivity contribution in [2.24, 2.45) is 5.92 Å². The number of nitrogens with one attached hydrogen (secondary N) is 1. The highest BCUT2D eigenvalue weighted by atomic mass is 32.1. The second kappa shape index (κ2) is 5.20. The van der Waals surface area contributed by atoms with E-state index in [9.17, 15) is 9.59 Å². The first-order valence-corrected chi connectivity index (χ1v) is 7.31. The van der Waals surface area contributed by atoms with Gasteiger partial charge in [0.1, 0.15) is 5.01 Å². The lowest BCUT2D eigenvalue weighted by Gasteiger charge is -2.18. The molecule has 0 saturated carbocycles. The van der Waals surface area contributed by atoms with E-state index >= 15 is 0 Å². The Morgan fingerprint density at radius 1 is 1.50 bits per heavy atom. The summed E-state index contributed by atoms with van der Waals surface area (Å²) in [4.78, 5) is 29.6. The summed E-state index contributed by atoms with van der Waals surface area (Å²) in [5.41, 5.74) is 0.964. The SMILES string of the molecule is CN(Cc1nc2ccccc2s1)C(=O)C1CNC(=O)C1. The minimum absolute atomic E-state index is 0.00241. The zero-order chi connectivity index (χ0) is 14.1. The summed E-state index contributed by atoms with van der Waals surface area (Å²) in [6.07, 6.45) is 0.295. The van der Waals surface area contributed by atoms with Crippen LogP contribution in [0.4, 0.5) is 0 Å². The molecular weight excluding hydrogens is 274 g/mol. The number of rotatable bonds is 3. The number of carbonyl (C=O) groups excluding carboxylic acids is 2. The van der Waals surface area contributed by atoms with Gasteiger partial charge in [-0.1, -0.05) is 12.1 Å². The molecule has 0 aliphatic carbocycles. The van der Waals surface area contributed by atoms with Crippen molar-refractivity contribution in [1.82, 2.24) is 15.2 Å². The van der Waals surface area contributed by atoms with E-state index in [2.05, 4.69) is 10.3 Å². The monoisotopic (exact) mass is 289 g/mol. The molecule has 20 heavy (non-hydrogen) atoms. The van der Waals surface area contributed by atoms with Gasteiger partial charge < -0.3 is 10.2 Å². The molecule has 0 bridgehead atoms. The van der Waals surface area contributed by atoms with E-state index in [1.54, 1.807) is 23.3 Å². The molecule has 1 unspecified atom stereocenters. The fourth-order valence-corrected chi connectivity index (χ4v) is 3.38. The lowest BCUT2D eigenvalue weighted by Crippen LogP contribution is -2.33. The third-order valence-electron chi connectivity index (χ3n) is 3.41. The van der Waals surface area contributed by atoms with Crippen LogP contribution >= 0.6 is 11.3 Å². The quantitative estimate of drug-likeness (QED) is 0.929. The molecule has 1 aromatic carbocycles. The van der Waals surface area contributed by atoms with Gasteiger partial charge in [0.2, 0.25) is 11.8 Å². The van der Waals surface area contributed by atoms with Crippen LogP contribution in [0.25, 0.3) is 10.2 Å². The number of thiazole rings is 1. The average molecular weight is 289 g/mol. The molecule has 2 heterocycles. The van der Waals surface area contributed by atoms with Crippen LogP contribution in [-0.4, -0.2) is 35.3 Å². The second-order valence-electron chi connectivity index (χ2n) is 4.97. The standard InChI is InChI=1S/C14H15N3O2S/c1-17(14(19)9-6-12(18)15-7-9)8-13-16-10-4-2-3-5-11(10)20-13/h2-5,9H,6-8H2,1H3,(H,15,18). The fourth-order valence-electron chi connectivity index (χ4n) is 2.36.